The molecule has 7 heteroatoms. The summed E-state index contributed by atoms with van der Waals surface area (Å²) in [6.07, 6.45) is 1.82. The number of amides is 1. The first-order valence-electron chi connectivity index (χ1n) is 7.51. The highest BCUT2D eigenvalue weighted by Crippen LogP contribution is 2.19. The molecule has 1 aromatic heterocycles. The van der Waals surface area contributed by atoms with Crippen LogP contribution in [0, 0.1) is 0 Å². The van der Waals surface area contributed by atoms with Gasteiger partial charge in [0.05, 0.1) is 18.7 Å². The van der Waals surface area contributed by atoms with Crippen molar-refractivity contribution >= 4 is 35.0 Å². The lowest BCUT2D eigenvalue weighted by molar-refractivity contribution is -0.142. The molecule has 0 aliphatic rings. The molecule has 0 unspecified atom stereocenters. The summed E-state index contributed by atoms with van der Waals surface area (Å²) >= 11 is 5.82. The van der Waals surface area contributed by atoms with E-state index in [2.05, 4.69) is 15.6 Å². The molecule has 0 aliphatic carbocycles. The molecule has 0 fully saturated rings. The van der Waals surface area contributed by atoms with E-state index in [1.54, 1.807) is 49.5 Å². The zero-order valence-corrected chi connectivity index (χ0v) is 14.0. The SMILES string of the molecule is CCOC(=O)CCNc1ncccc1NC(=O)c1ccc(Cl)cc1. The van der Waals surface area contributed by atoms with E-state index in [9.17, 15) is 9.59 Å². The standard InChI is InChI=1S/C17H18ClN3O3/c1-2-24-15(22)9-11-20-16-14(4-3-10-19-16)21-17(23)12-5-7-13(18)8-6-12/h3-8,10H,2,9,11H2,1H3,(H,19,20)(H,21,23). The van der Waals surface area contributed by atoms with E-state index < -0.39 is 0 Å². The number of esters is 1. The number of nitrogens with one attached hydrogen (secondary N) is 2. The van der Waals surface area contributed by atoms with Crippen molar-refractivity contribution < 1.29 is 14.3 Å². The summed E-state index contributed by atoms with van der Waals surface area (Å²) in [7, 11) is 0. The minimum atomic E-state index is -0.285. The molecule has 0 radical (unpaired) electrons. The summed E-state index contributed by atoms with van der Waals surface area (Å²) in [6, 6.07) is 10.0. The summed E-state index contributed by atoms with van der Waals surface area (Å²) in [5.74, 6) is -0.0649. The highest BCUT2D eigenvalue weighted by Gasteiger charge is 2.10. The van der Waals surface area contributed by atoms with E-state index in [1.165, 1.54) is 0 Å². The number of nitrogens with zero attached hydrogens (tertiary/aromatic N) is 1. The van der Waals surface area contributed by atoms with Crippen molar-refractivity contribution in [2.75, 3.05) is 23.8 Å². The van der Waals surface area contributed by atoms with Gasteiger partial charge in [0.25, 0.3) is 5.91 Å². The van der Waals surface area contributed by atoms with Crippen LogP contribution in [-0.2, 0) is 9.53 Å². The van der Waals surface area contributed by atoms with Crippen molar-refractivity contribution in [2.45, 2.75) is 13.3 Å². The fourth-order valence-corrected chi connectivity index (χ4v) is 2.08. The average molecular weight is 348 g/mol. The molecule has 0 bridgehead atoms. The van der Waals surface area contributed by atoms with Gasteiger partial charge >= 0.3 is 5.97 Å². The Balaban J connectivity index is 1.99. The quantitative estimate of drug-likeness (QED) is 0.751. The van der Waals surface area contributed by atoms with E-state index in [-0.39, 0.29) is 18.3 Å². The van der Waals surface area contributed by atoms with Gasteiger partial charge < -0.3 is 15.4 Å². The highest BCUT2D eigenvalue weighted by molar-refractivity contribution is 6.30. The topological polar surface area (TPSA) is 80.3 Å². The second-order valence-corrected chi connectivity index (χ2v) is 5.28. The van der Waals surface area contributed by atoms with Gasteiger partial charge in [0.15, 0.2) is 0 Å². The lowest BCUT2D eigenvalue weighted by Crippen LogP contribution is -2.16. The maximum Gasteiger partial charge on any atom is 0.307 e. The number of carbonyl (C=O) groups excluding carboxylic acids is 2. The van der Waals surface area contributed by atoms with Crippen LogP contribution in [0.15, 0.2) is 42.6 Å². The van der Waals surface area contributed by atoms with Gasteiger partial charge in [-0.2, -0.15) is 0 Å². The Labute approximate surface area is 145 Å². The molecule has 1 aromatic carbocycles. The lowest BCUT2D eigenvalue weighted by atomic mass is 10.2. The first-order chi connectivity index (χ1) is 11.6. The Morgan fingerprint density at radius 2 is 1.96 bits per heavy atom. The molecule has 0 saturated carbocycles. The third-order valence-electron chi connectivity index (χ3n) is 3.09. The maximum atomic E-state index is 12.3. The number of hydrogen-bond acceptors (Lipinski definition) is 5. The number of aromatic nitrogens is 1. The number of ether oxygens (including phenoxy) is 1. The summed E-state index contributed by atoms with van der Waals surface area (Å²) in [5.41, 5.74) is 1.02. The van der Waals surface area contributed by atoms with E-state index in [4.69, 9.17) is 16.3 Å². The average Bonchev–Trinajstić information content (AvgIpc) is 2.57. The zero-order chi connectivity index (χ0) is 17.4. The van der Waals surface area contributed by atoms with Gasteiger partial charge in [-0.1, -0.05) is 11.6 Å². The van der Waals surface area contributed by atoms with Crippen molar-refractivity contribution in [1.29, 1.82) is 0 Å². The molecule has 1 heterocycles. The number of benzene rings is 1. The Bertz CT molecular complexity index is 704. The molecule has 0 spiro atoms. The van der Waals surface area contributed by atoms with Crippen molar-refractivity contribution in [3.05, 3.63) is 53.2 Å². The first-order valence-corrected chi connectivity index (χ1v) is 7.89. The van der Waals surface area contributed by atoms with Crippen LogP contribution in [0.25, 0.3) is 0 Å². The lowest BCUT2D eigenvalue weighted by Gasteiger charge is -2.12. The van der Waals surface area contributed by atoms with Crippen LogP contribution in [0.3, 0.4) is 0 Å². The number of pyridine rings is 1. The molecule has 24 heavy (non-hydrogen) atoms. The number of anilines is 2. The Kier molecular flexibility index (Phi) is 6.57. The number of rotatable bonds is 7. The fraction of sp³-hybridized carbons (Fsp3) is 0.235. The third kappa shape index (κ3) is 5.24. The normalized spacial score (nSPS) is 10.1. The minimum Gasteiger partial charge on any atom is -0.466 e. The van der Waals surface area contributed by atoms with Crippen LogP contribution < -0.4 is 10.6 Å². The molecule has 2 N–H and O–H groups in total. The smallest absolute Gasteiger partial charge is 0.307 e. The second kappa shape index (κ2) is 8.88. The number of halogens is 1. The van der Waals surface area contributed by atoms with Crippen molar-refractivity contribution in [1.82, 2.24) is 4.98 Å². The van der Waals surface area contributed by atoms with E-state index in [0.717, 1.165) is 0 Å². The molecule has 0 saturated heterocycles. The molecule has 126 valence electrons. The molecular weight excluding hydrogens is 330 g/mol. The van der Waals surface area contributed by atoms with Gasteiger partial charge in [-0.15, -0.1) is 0 Å². The van der Waals surface area contributed by atoms with E-state index >= 15 is 0 Å². The Hall–Kier alpha value is -2.60. The fourth-order valence-electron chi connectivity index (χ4n) is 1.96. The summed E-state index contributed by atoms with van der Waals surface area (Å²) in [4.78, 5) is 27.8. The van der Waals surface area contributed by atoms with Crippen LogP contribution in [0.4, 0.5) is 11.5 Å². The monoisotopic (exact) mass is 347 g/mol. The van der Waals surface area contributed by atoms with Gasteiger partial charge in [0, 0.05) is 23.3 Å². The molecule has 0 aliphatic heterocycles. The summed E-state index contributed by atoms with van der Waals surface area (Å²) in [6.45, 7) is 2.47. The van der Waals surface area contributed by atoms with E-state index in [0.29, 0.717) is 35.2 Å². The van der Waals surface area contributed by atoms with Crippen molar-refractivity contribution in [2.24, 2.45) is 0 Å². The molecular formula is C17H18ClN3O3. The molecule has 2 rings (SSSR count). The van der Waals surface area contributed by atoms with Crippen molar-refractivity contribution in [3.8, 4) is 0 Å². The predicted molar refractivity (Wildman–Crippen MR) is 93.4 cm³/mol. The first kappa shape index (κ1) is 17.7. The van der Waals surface area contributed by atoms with Gasteiger partial charge in [0.1, 0.15) is 5.82 Å². The van der Waals surface area contributed by atoms with Crippen LogP contribution in [0.2, 0.25) is 5.02 Å². The van der Waals surface area contributed by atoms with Gasteiger partial charge in [-0.25, -0.2) is 4.98 Å². The van der Waals surface area contributed by atoms with Crippen LogP contribution >= 0.6 is 11.6 Å². The van der Waals surface area contributed by atoms with Gasteiger partial charge in [-0.05, 0) is 43.3 Å². The number of carbonyl (C=O) groups is 2. The largest absolute Gasteiger partial charge is 0.466 e. The van der Waals surface area contributed by atoms with Crippen molar-refractivity contribution in [3.63, 3.8) is 0 Å². The second-order valence-electron chi connectivity index (χ2n) is 4.84. The Morgan fingerprint density at radius 3 is 2.67 bits per heavy atom. The molecule has 2 aromatic rings. The van der Waals surface area contributed by atoms with Gasteiger partial charge in [-0.3, -0.25) is 9.59 Å². The van der Waals surface area contributed by atoms with Gasteiger partial charge in [0.2, 0.25) is 0 Å². The Morgan fingerprint density at radius 1 is 1.21 bits per heavy atom. The predicted octanol–water partition coefficient (Wildman–Crippen LogP) is 3.35. The van der Waals surface area contributed by atoms with Crippen LogP contribution in [0.5, 0.6) is 0 Å². The summed E-state index contributed by atoms with van der Waals surface area (Å²) in [5, 5.41) is 6.37. The minimum absolute atomic E-state index is 0.217. The summed E-state index contributed by atoms with van der Waals surface area (Å²) < 4.78 is 4.86. The molecule has 0 atom stereocenters. The maximum absolute atomic E-state index is 12.3. The van der Waals surface area contributed by atoms with Crippen LogP contribution in [0.1, 0.15) is 23.7 Å². The number of hydrogen-bond donors (Lipinski definition) is 2. The zero-order valence-electron chi connectivity index (χ0n) is 13.2. The molecule has 6 nitrogen and oxygen atoms in total. The highest BCUT2D eigenvalue weighted by atomic mass is 35.5. The van der Waals surface area contributed by atoms with Crippen LogP contribution in [-0.4, -0.2) is 30.0 Å². The molecule has 1 amide bonds. The third-order valence-corrected chi connectivity index (χ3v) is 3.34. The van der Waals surface area contributed by atoms with E-state index in [1.807, 2.05) is 0 Å².